The molecule has 1 unspecified atom stereocenters. The largest absolute Gasteiger partial charge is 0.384 e. The van der Waals surface area contributed by atoms with Crippen LogP contribution in [0.2, 0.25) is 0 Å². The second-order valence-electron chi connectivity index (χ2n) is 6.10. The van der Waals surface area contributed by atoms with Crippen LogP contribution in [-0.2, 0) is 4.74 Å². The maximum absolute atomic E-state index is 6.04. The molecule has 1 fully saturated rings. The van der Waals surface area contributed by atoms with Crippen molar-refractivity contribution in [3.05, 3.63) is 30.6 Å². The fourth-order valence-electron chi connectivity index (χ4n) is 2.94. The number of hydrogen-bond donors (Lipinski definition) is 2. The van der Waals surface area contributed by atoms with Crippen LogP contribution in [0.5, 0.6) is 0 Å². The standard InChI is InChI=1S/C16H18N6O.C2H6S/c1-10-9-23-7-6-22(10)14-8-13(17)20-16(21-14)12-3-5-19-15-11(12)2-4-18-15;1-3-2/h2-5,8,10H,6-7,9H2,1H3,(H,18,19)(H2,17,20,21);1-2H3. The number of ether oxygens (including phenoxy) is 1. The number of nitrogens with two attached hydrogens (primary N) is 1. The number of thioether (sulfide) groups is 1. The second-order valence-corrected chi connectivity index (χ2v) is 6.92. The normalized spacial score (nSPS) is 17.0. The van der Waals surface area contributed by atoms with E-state index in [0.29, 0.717) is 24.9 Å². The maximum Gasteiger partial charge on any atom is 0.164 e. The molecule has 1 saturated heterocycles. The van der Waals surface area contributed by atoms with E-state index in [4.69, 9.17) is 15.5 Å². The third kappa shape index (κ3) is 3.91. The van der Waals surface area contributed by atoms with Crippen molar-refractivity contribution in [3.63, 3.8) is 0 Å². The molecule has 1 atom stereocenters. The summed E-state index contributed by atoms with van der Waals surface area (Å²) in [4.78, 5) is 18.8. The fraction of sp³-hybridized carbons (Fsp3) is 0.389. The molecule has 0 bridgehead atoms. The van der Waals surface area contributed by atoms with Crippen LogP contribution in [0.15, 0.2) is 30.6 Å². The van der Waals surface area contributed by atoms with Crippen LogP contribution >= 0.6 is 11.8 Å². The molecule has 8 heteroatoms. The lowest BCUT2D eigenvalue weighted by molar-refractivity contribution is 0.0985. The molecule has 4 heterocycles. The number of hydrogen-bond acceptors (Lipinski definition) is 7. The van der Waals surface area contributed by atoms with E-state index in [9.17, 15) is 0 Å². The molecule has 138 valence electrons. The monoisotopic (exact) mass is 372 g/mol. The summed E-state index contributed by atoms with van der Waals surface area (Å²) in [6, 6.07) is 5.97. The van der Waals surface area contributed by atoms with Gasteiger partial charge in [-0.15, -0.1) is 0 Å². The van der Waals surface area contributed by atoms with E-state index >= 15 is 0 Å². The average molecular weight is 372 g/mol. The number of nitrogens with one attached hydrogen (secondary N) is 1. The van der Waals surface area contributed by atoms with Crippen LogP contribution in [0, 0.1) is 0 Å². The second kappa shape index (κ2) is 8.37. The minimum absolute atomic E-state index is 0.260. The van der Waals surface area contributed by atoms with E-state index in [1.54, 1.807) is 18.0 Å². The van der Waals surface area contributed by atoms with Gasteiger partial charge in [0.2, 0.25) is 0 Å². The van der Waals surface area contributed by atoms with E-state index in [0.717, 1.165) is 29.0 Å². The average Bonchev–Trinajstić information content (AvgIpc) is 3.11. The van der Waals surface area contributed by atoms with Crippen LogP contribution in [0.3, 0.4) is 0 Å². The number of morpholine rings is 1. The van der Waals surface area contributed by atoms with Crippen molar-refractivity contribution in [2.45, 2.75) is 13.0 Å². The molecular weight excluding hydrogens is 348 g/mol. The molecule has 3 N–H and O–H groups in total. The number of nitrogens with zero attached hydrogens (tertiary/aromatic N) is 4. The van der Waals surface area contributed by atoms with E-state index in [-0.39, 0.29) is 6.04 Å². The number of rotatable bonds is 2. The zero-order valence-corrected chi connectivity index (χ0v) is 16.1. The van der Waals surface area contributed by atoms with Gasteiger partial charge in [0.25, 0.3) is 0 Å². The molecule has 3 aromatic rings. The van der Waals surface area contributed by atoms with Crippen molar-refractivity contribution in [1.82, 2.24) is 19.9 Å². The van der Waals surface area contributed by atoms with Gasteiger partial charge in [-0.1, -0.05) is 0 Å². The summed E-state index contributed by atoms with van der Waals surface area (Å²) in [5, 5.41) is 0.985. The Balaban J connectivity index is 0.000000613. The quantitative estimate of drug-likeness (QED) is 0.714. The number of H-pyrrole nitrogens is 1. The molecule has 0 spiro atoms. The number of anilines is 2. The number of fused-ring (bicyclic) bond motifs is 1. The predicted molar refractivity (Wildman–Crippen MR) is 109 cm³/mol. The Morgan fingerprint density at radius 2 is 2.12 bits per heavy atom. The Morgan fingerprint density at radius 3 is 2.88 bits per heavy atom. The summed E-state index contributed by atoms with van der Waals surface area (Å²) in [5.74, 6) is 1.92. The number of aromatic amines is 1. The molecule has 1 aliphatic heterocycles. The summed E-state index contributed by atoms with van der Waals surface area (Å²) >= 11 is 1.75. The highest BCUT2D eigenvalue weighted by atomic mass is 32.2. The molecule has 0 saturated carbocycles. The topological polar surface area (TPSA) is 93.0 Å². The van der Waals surface area contributed by atoms with Crippen LogP contribution in [0.1, 0.15) is 6.92 Å². The molecule has 1 aliphatic rings. The van der Waals surface area contributed by atoms with Crippen molar-refractivity contribution < 1.29 is 4.74 Å². The summed E-state index contributed by atoms with van der Waals surface area (Å²) < 4.78 is 5.50. The van der Waals surface area contributed by atoms with Gasteiger partial charge in [-0.05, 0) is 31.6 Å². The van der Waals surface area contributed by atoms with Crippen molar-refractivity contribution in [3.8, 4) is 11.4 Å². The number of aromatic nitrogens is 4. The summed E-state index contributed by atoms with van der Waals surface area (Å²) in [6.45, 7) is 4.30. The van der Waals surface area contributed by atoms with Gasteiger partial charge >= 0.3 is 0 Å². The zero-order chi connectivity index (χ0) is 18.5. The lowest BCUT2D eigenvalue weighted by Crippen LogP contribution is -2.44. The summed E-state index contributed by atoms with van der Waals surface area (Å²) in [7, 11) is 0. The van der Waals surface area contributed by atoms with Gasteiger partial charge in [0, 0.05) is 36.0 Å². The first-order valence-electron chi connectivity index (χ1n) is 8.45. The third-order valence-electron chi connectivity index (χ3n) is 4.10. The Bertz CT molecular complexity index is 868. The highest BCUT2D eigenvalue weighted by molar-refractivity contribution is 7.97. The smallest absolute Gasteiger partial charge is 0.164 e. The molecule has 3 aromatic heterocycles. The Morgan fingerprint density at radius 1 is 1.31 bits per heavy atom. The van der Waals surface area contributed by atoms with Gasteiger partial charge < -0.3 is 20.4 Å². The lowest BCUT2D eigenvalue weighted by Gasteiger charge is -2.34. The Kier molecular flexibility index (Phi) is 5.95. The van der Waals surface area contributed by atoms with Crippen LogP contribution in [-0.4, -0.2) is 58.2 Å². The highest BCUT2D eigenvalue weighted by Gasteiger charge is 2.21. The lowest BCUT2D eigenvalue weighted by atomic mass is 10.1. The van der Waals surface area contributed by atoms with Crippen molar-refractivity contribution in [2.75, 3.05) is 42.9 Å². The minimum Gasteiger partial charge on any atom is -0.384 e. The number of pyridine rings is 1. The van der Waals surface area contributed by atoms with Crippen LogP contribution in [0.25, 0.3) is 22.4 Å². The third-order valence-corrected chi connectivity index (χ3v) is 4.10. The molecule has 7 nitrogen and oxygen atoms in total. The van der Waals surface area contributed by atoms with Gasteiger partial charge in [-0.2, -0.15) is 11.8 Å². The molecule has 4 rings (SSSR count). The first-order chi connectivity index (χ1) is 12.6. The van der Waals surface area contributed by atoms with Crippen LogP contribution in [0.4, 0.5) is 11.6 Å². The predicted octanol–water partition coefficient (Wildman–Crippen LogP) is 2.81. The molecule has 26 heavy (non-hydrogen) atoms. The van der Waals surface area contributed by atoms with Crippen molar-refractivity contribution in [2.24, 2.45) is 0 Å². The van der Waals surface area contributed by atoms with Crippen LogP contribution < -0.4 is 10.6 Å². The minimum atomic E-state index is 0.260. The van der Waals surface area contributed by atoms with Gasteiger partial charge in [0.05, 0.1) is 19.3 Å². The van der Waals surface area contributed by atoms with Gasteiger partial charge in [-0.25, -0.2) is 15.0 Å². The molecule has 0 amide bonds. The van der Waals surface area contributed by atoms with Crippen molar-refractivity contribution >= 4 is 34.4 Å². The molecule has 0 radical (unpaired) electrons. The summed E-state index contributed by atoms with van der Waals surface area (Å²) in [6.07, 6.45) is 7.69. The van der Waals surface area contributed by atoms with E-state index < -0.39 is 0 Å². The van der Waals surface area contributed by atoms with Gasteiger partial charge in [0.15, 0.2) is 5.82 Å². The van der Waals surface area contributed by atoms with Gasteiger partial charge in [0.1, 0.15) is 17.3 Å². The highest BCUT2D eigenvalue weighted by Crippen LogP contribution is 2.28. The van der Waals surface area contributed by atoms with Gasteiger partial charge in [-0.3, -0.25) is 0 Å². The number of nitrogen functional groups attached to an aromatic ring is 1. The SMILES string of the molecule is CC1COCCN1c1cc(N)nc(-c2ccnc3[nH]ccc23)n1.CSC. The van der Waals surface area contributed by atoms with E-state index in [1.807, 2.05) is 36.9 Å². The Hall–Kier alpha value is -2.32. The Labute approximate surface area is 157 Å². The first-order valence-corrected chi connectivity index (χ1v) is 10.1. The van der Waals surface area contributed by atoms with E-state index in [1.165, 1.54) is 0 Å². The van der Waals surface area contributed by atoms with E-state index in [2.05, 4.69) is 26.8 Å². The first kappa shape index (κ1) is 18.5. The molecular formula is C18H24N6OS. The van der Waals surface area contributed by atoms with Crippen molar-refractivity contribution in [1.29, 1.82) is 0 Å². The fourth-order valence-corrected chi connectivity index (χ4v) is 2.94. The summed E-state index contributed by atoms with van der Waals surface area (Å²) in [5.41, 5.74) is 7.77. The molecule has 0 aromatic carbocycles. The molecule has 0 aliphatic carbocycles. The zero-order valence-electron chi connectivity index (χ0n) is 15.3. The maximum atomic E-state index is 6.04.